The predicted octanol–water partition coefficient (Wildman–Crippen LogP) is 4.13. The first-order valence-electron chi connectivity index (χ1n) is 7.06. The number of hydroxylamine groups is 2. The molecule has 0 aromatic heterocycles. The van der Waals surface area contributed by atoms with Gasteiger partial charge in [-0.25, -0.2) is 0 Å². The van der Waals surface area contributed by atoms with Crippen molar-refractivity contribution in [1.82, 2.24) is 5.06 Å². The van der Waals surface area contributed by atoms with Gasteiger partial charge in [-0.1, -0.05) is 29.8 Å². The molecule has 0 unspecified atom stereocenters. The summed E-state index contributed by atoms with van der Waals surface area (Å²) < 4.78 is 0. The molecule has 2 aromatic carbocycles. The van der Waals surface area contributed by atoms with Crippen molar-refractivity contribution in [1.29, 1.82) is 0 Å². The van der Waals surface area contributed by atoms with Crippen molar-refractivity contribution in [2.45, 2.75) is 13.8 Å². The third-order valence-electron chi connectivity index (χ3n) is 3.28. The Hall–Kier alpha value is -2.46. The van der Waals surface area contributed by atoms with Gasteiger partial charge in [-0.05, 0) is 54.8 Å². The van der Waals surface area contributed by atoms with E-state index in [1.165, 1.54) is 19.2 Å². The van der Waals surface area contributed by atoms with Crippen LogP contribution in [-0.4, -0.2) is 23.1 Å². The van der Waals surface area contributed by atoms with Crippen molar-refractivity contribution >= 4 is 23.6 Å². The number of amides is 1. The molecule has 0 spiro atoms. The van der Waals surface area contributed by atoms with E-state index in [1.807, 2.05) is 26.0 Å². The van der Waals surface area contributed by atoms with E-state index >= 15 is 0 Å². The molecule has 1 amide bonds. The van der Waals surface area contributed by atoms with Gasteiger partial charge < -0.3 is 9.94 Å². The van der Waals surface area contributed by atoms with Crippen LogP contribution >= 0.6 is 11.6 Å². The summed E-state index contributed by atoms with van der Waals surface area (Å²) in [4.78, 5) is 17.4. The van der Waals surface area contributed by atoms with Crippen molar-refractivity contribution in [3.8, 4) is 11.5 Å². The molecule has 0 fully saturated rings. The maximum atomic E-state index is 12.1. The van der Waals surface area contributed by atoms with Gasteiger partial charge in [0, 0.05) is 18.1 Å². The largest absolute Gasteiger partial charge is 0.504 e. The average molecular weight is 332 g/mol. The monoisotopic (exact) mass is 331 g/mol. The van der Waals surface area contributed by atoms with Gasteiger partial charge in [0.25, 0.3) is 5.91 Å². The van der Waals surface area contributed by atoms with Crippen molar-refractivity contribution in [2.24, 2.45) is 0 Å². The summed E-state index contributed by atoms with van der Waals surface area (Å²) in [5.74, 6) is -0.153. The van der Waals surface area contributed by atoms with Gasteiger partial charge in [0.15, 0.2) is 11.5 Å². The molecular formula is C18H18ClNO3. The molecule has 0 saturated heterocycles. The summed E-state index contributed by atoms with van der Waals surface area (Å²) >= 11 is 6.05. The second-order valence-electron chi connectivity index (χ2n) is 5.24. The normalized spacial score (nSPS) is 10.8. The minimum atomic E-state index is -0.359. The smallest absolute Gasteiger partial charge is 0.278 e. The molecule has 0 saturated carbocycles. The van der Waals surface area contributed by atoms with Crippen LogP contribution in [-0.2, 0) is 4.79 Å². The maximum Gasteiger partial charge on any atom is 0.278 e. The molecule has 2 aromatic rings. The van der Waals surface area contributed by atoms with Gasteiger partial charge in [0.05, 0.1) is 0 Å². The standard InChI is InChI=1S/C18H18ClNO3/c1-12-4-8-16(21)17(10-12)23-20(3)18(22)9-7-14-6-5-13(2)15(19)11-14/h4-11,21H,1-3H3/b9-7+. The number of carbonyl (C=O) groups excluding carboxylic acids is 1. The quantitative estimate of drug-likeness (QED) is 0.677. The predicted molar refractivity (Wildman–Crippen MR) is 91.5 cm³/mol. The summed E-state index contributed by atoms with van der Waals surface area (Å²) in [6.07, 6.45) is 3.04. The number of likely N-dealkylation sites (N-methyl/N-ethyl adjacent to an activating group) is 1. The number of nitrogens with zero attached hydrogens (tertiary/aromatic N) is 1. The molecule has 0 radical (unpaired) electrons. The minimum Gasteiger partial charge on any atom is -0.504 e. The van der Waals surface area contributed by atoms with Crippen LogP contribution in [0.25, 0.3) is 6.08 Å². The lowest BCUT2D eigenvalue weighted by Crippen LogP contribution is -2.28. The zero-order valence-electron chi connectivity index (χ0n) is 13.2. The second-order valence-corrected chi connectivity index (χ2v) is 5.65. The molecule has 120 valence electrons. The van der Waals surface area contributed by atoms with Crippen molar-refractivity contribution in [3.63, 3.8) is 0 Å². The van der Waals surface area contributed by atoms with Gasteiger partial charge in [-0.15, -0.1) is 0 Å². The van der Waals surface area contributed by atoms with Crippen molar-refractivity contribution < 1.29 is 14.7 Å². The van der Waals surface area contributed by atoms with E-state index in [0.29, 0.717) is 5.02 Å². The molecule has 0 bridgehead atoms. The lowest BCUT2D eigenvalue weighted by atomic mass is 10.1. The number of halogens is 1. The topological polar surface area (TPSA) is 49.8 Å². The van der Waals surface area contributed by atoms with Gasteiger partial charge in [0.2, 0.25) is 0 Å². The molecule has 0 aliphatic rings. The Labute approximate surface area is 140 Å². The fourth-order valence-electron chi connectivity index (χ4n) is 1.87. The molecule has 0 aliphatic heterocycles. The van der Waals surface area contributed by atoms with Crippen LogP contribution in [0.4, 0.5) is 0 Å². The third kappa shape index (κ3) is 4.50. The fraction of sp³-hybridized carbons (Fsp3) is 0.167. The number of hydrogen-bond donors (Lipinski definition) is 1. The van der Waals surface area contributed by atoms with E-state index in [4.69, 9.17) is 16.4 Å². The molecule has 5 heteroatoms. The van der Waals surface area contributed by atoms with Crippen LogP contribution in [0.3, 0.4) is 0 Å². The molecule has 2 rings (SSSR count). The van der Waals surface area contributed by atoms with Crippen LogP contribution in [0.2, 0.25) is 5.02 Å². The van der Waals surface area contributed by atoms with Crippen LogP contribution in [0.15, 0.2) is 42.5 Å². The van der Waals surface area contributed by atoms with Gasteiger partial charge in [-0.3, -0.25) is 4.79 Å². The highest BCUT2D eigenvalue weighted by molar-refractivity contribution is 6.31. The summed E-state index contributed by atoms with van der Waals surface area (Å²) in [5.41, 5.74) is 2.72. The zero-order valence-corrected chi connectivity index (χ0v) is 14.0. The average Bonchev–Trinajstić information content (AvgIpc) is 2.51. The van der Waals surface area contributed by atoms with Crippen molar-refractivity contribution in [3.05, 3.63) is 64.2 Å². The molecule has 1 N–H and O–H groups in total. The number of rotatable bonds is 4. The SMILES string of the molecule is Cc1ccc(O)c(ON(C)C(=O)/C=C/c2ccc(C)c(Cl)c2)c1. The summed E-state index contributed by atoms with van der Waals surface area (Å²) in [7, 11) is 1.48. The van der Waals surface area contributed by atoms with Crippen molar-refractivity contribution in [2.75, 3.05) is 7.05 Å². The zero-order chi connectivity index (χ0) is 17.0. The molecule has 0 aliphatic carbocycles. The van der Waals surface area contributed by atoms with Crippen LogP contribution in [0.5, 0.6) is 11.5 Å². The first-order chi connectivity index (χ1) is 10.9. The Morgan fingerprint density at radius 1 is 1.22 bits per heavy atom. The lowest BCUT2D eigenvalue weighted by molar-refractivity contribution is -0.146. The van der Waals surface area contributed by atoms with Gasteiger partial charge in [-0.2, -0.15) is 5.06 Å². The number of phenolic OH excluding ortho intramolecular Hbond substituents is 1. The molecular weight excluding hydrogens is 314 g/mol. The van der Waals surface area contributed by atoms with E-state index in [9.17, 15) is 9.90 Å². The number of aryl methyl sites for hydroxylation is 2. The van der Waals surface area contributed by atoms with E-state index in [0.717, 1.165) is 21.8 Å². The molecule has 4 nitrogen and oxygen atoms in total. The third-order valence-corrected chi connectivity index (χ3v) is 3.68. The number of benzene rings is 2. The van der Waals surface area contributed by atoms with E-state index in [2.05, 4.69) is 0 Å². The van der Waals surface area contributed by atoms with E-state index < -0.39 is 0 Å². The highest BCUT2D eigenvalue weighted by Crippen LogP contribution is 2.27. The number of aromatic hydroxyl groups is 1. The van der Waals surface area contributed by atoms with Crippen LogP contribution in [0, 0.1) is 13.8 Å². The van der Waals surface area contributed by atoms with E-state index in [-0.39, 0.29) is 17.4 Å². The first kappa shape index (κ1) is 16.9. The maximum absolute atomic E-state index is 12.1. The molecule has 0 heterocycles. The number of hydrogen-bond acceptors (Lipinski definition) is 3. The summed E-state index contributed by atoms with van der Waals surface area (Å²) in [6, 6.07) is 10.5. The van der Waals surface area contributed by atoms with Crippen LogP contribution in [0.1, 0.15) is 16.7 Å². The second kappa shape index (κ2) is 7.20. The summed E-state index contributed by atoms with van der Waals surface area (Å²) in [5, 5.41) is 11.4. The number of carbonyl (C=O) groups is 1. The Balaban J connectivity index is 2.06. The lowest BCUT2D eigenvalue weighted by Gasteiger charge is -2.17. The Bertz CT molecular complexity index is 756. The van der Waals surface area contributed by atoms with Crippen LogP contribution < -0.4 is 4.84 Å². The highest BCUT2D eigenvalue weighted by atomic mass is 35.5. The highest BCUT2D eigenvalue weighted by Gasteiger charge is 2.10. The molecule has 0 atom stereocenters. The van der Waals surface area contributed by atoms with Gasteiger partial charge >= 0.3 is 0 Å². The Morgan fingerprint density at radius 3 is 2.65 bits per heavy atom. The Kier molecular flexibility index (Phi) is 5.29. The first-order valence-corrected chi connectivity index (χ1v) is 7.44. The fourth-order valence-corrected chi connectivity index (χ4v) is 2.06. The van der Waals surface area contributed by atoms with E-state index in [1.54, 1.807) is 24.3 Å². The van der Waals surface area contributed by atoms with Gasteiger partial charge in [0.1, 0.15) is 0 Å². The molecule has 23 heavy (non-hydrogen) atoms. The minimum absolute atomic E-state index is 0.0236. The Morgan fingerprint density at radius 2 is 1.96 bits per heavy atom. The summed E-state index contributed by atoms with van der Waals surface area (Å²) in [6.45, 7) is 3.78. The number of phenols is 1.